The van der Waals surface area contributed by atoms with Gasteiger partial charge in [-0.15, -0.1) is 0 Å². The van der Waals surface area contributed by atoms with Gasteiger partial charge in [0, 0.05) is 19.0 Å². The Morgan fingerprint density at radius 2 is 2.00 bits per heavy atom. The van der Waals surface area contributed by atoms with Gasteiger partial charge in [0.05, 0.1) is 26.0 Å². The molecule has 1 aliphatic heterocycles. The number of benzene rings is 1. The molecule has 2 aromatic rings. The minimum Gasteiger partial charge on any atom is -0.497 e. The molecule has 0 N–H and O–H groups in total. The van der Waals surface area contributed by atoms with Gasteiger partial charge in [0.1, 0.15) is 11.9 Å². The van der Waals surface area contributed by atoms with E-state index in [1.165, 1.54) is 0 Å². The van der Waals surface area contributed by atoms with Crippen LogP contribution >= 0.6 is 0 Å². The summed E-state index contributed by atoms with van der Waals surface area (Å²) in [5.74, 6) is 0.173. The van der Waals surface area contributed by atoms with Crippen LogP contribution in [0.2, 0.25) is 0 Å². The lowest BCUT2D eigenvalue weighted by atomic mass is 10.2. The number of carbonyl (C=O) groups is 1. The van der Waals surface area contributed by atoms with Crippen LogP contribution in [0, 0.1) is 5.82 Å². The molecule has 1 saturated heterocycles. The van der Waals surface area contributed by atoms with Gasteiger partial charge in [-0.3, -0.25) is 4.79 Å². The van der Waals surface area contributed by atoms with Crippen molar-refractivity contribution in [1.82, 2.24) is 14.9 Å². The fourth-order valence-electron chi connectivity index (χ4n) is 2.52. The summed E-state index contributed by atoms with van der Waals surface area (Å²) in [5.41, 5.74) is 0.917. The van der Waals surface area contributed by atoms with E-state index >= 15 is 0 Å². The highest BCUT2D eigenvalue weighted by Gasteiger charge is 2.27. The van der Waals surface area contributed by atoms with E-state index in [0.717, 1.165) is 23.7 Å². The Hall–Kier alpha value is -2.96. The van der Waals surface area contributed by atoms with Gasteiger partial charge in [-0.1, -0.05) is 12.1 Å². The molecule has 0 radical (unpaired) electrons. The van der Waals surface area contributed by atoms with Crippen molar-refractivity contribution in [3.8, 4) is 11.8 Å². The van der Waals surface area contributed by atoms with Crippen molar-refractivity contribution in [3.05, 3.63) is 54.1 Å². The third-order valence-electron chi connectivity index (χ3n) is 3.86. The third-order valence-corrected chi connectivity index (χ3v) is 3.86. The summed E-state index contributed by atoms with van der Waals surface area (Å²) in [4.78, 5) is 21.5. The number of nitrogens with zero attached hydrogens (tertiary/aromatic N) is 3. The molecule has 3 rings (SSSR count). The summed E-state index contributed by atoms with van der Waals surface area (Å²) < 4.78 is 23.5. The fourth-order valence-corrected chi connectivity index (χ4v) is 2.52. The Morgan fingerprint density at radius 3 is 2.68 bits per heavy atom. The number of aromatic nitrogens is 2. The Morgan fingerprint density at radius 1 is 1.28 bits per heavy atom. The largest absolute Gasteiger partial charge is 0.497 e. The second-order valence-electron chi connectivity index (χ2n) is 5.60. The molecule has 1 aromatic carbocycles. The molecule has 1 aromatic heterocycles. The van der Waals surface area contributed by atoms with Crippen molar-refractivity contribution < 1.29 is 18.7 Å². The second-order valence-corrected chi connectivity index (χ2v) is 5.60. The van der Waals surface area contributed by atoms with Crippen LogP contribution in [0.4, 0.5) is 4.39 Å². The Kier molecular flexibility index (Phi) is 5.23. The molecule has 0 unspecified atom stereocenters. The number of carbonyl (C=O) groups excluding carboxylic acids is 1. The van der Waals surface area contributed by atoms with Crippen LogP contribution < -0.4 is 9.47 Å². The smallest absolute Gasteiger partial charge is 0.316 e. The van der Waals surface area contributed by atoms with Gasteiger partial charge in [0.15, 0.2) is 5.82 Å². The number of likely N-dealkylation sites (tertiary alicyclic amines) is 1. The van der Waals surface area contributed by atoms with Crippen molar-refractivity contribution >= 4 is 12.0 Å². The molecule has 1 atom stereocenters. The minimum atomic E-state index is -0.515. The van der Waals surface area contributed by atoms with Crippen LogP contribution in [0.1, 0.15) is 12.0 Å². The zero-order valence-corrected chi connectivity index (χ0v) is 13.8. The van der Waals surface area contributed by atoms with E-state index in [-0.39, 0.29) is 18.0 Å². The van der Waals surface area contributed by atoms with Crippen molar-refractivity contribution in [1.29, 1.82) is 0 Å². The predicted molar refractivity (Wildman–Crippen MR) is 89.6 cm³/mol. The van der Waals surface area contributed by atoms with Gasteiger partial charge < -0.3 is 14.4 Å². The molecule has 0 spiro atoms. The van der Waals surface area contributed by atoms with Crippen LogP contribution in [0.15, 0.2) is 42.7 Å². The van der Waals surface area contributed by atoms with E-state index in [2.05, 4.69) is 9.97 Å². The topological polar surface area (TPSA) is 64.5 Å². The molecule has 130 valence electrons. The van der Waals surface area contributed by atoms with E-state index in [0.29, 0.717) is 19.5 Å². The zero-order valence-electron chi connectivity index (χ0n) is 13.8. The molecule has 1 amide bonds. The Bertz CT molecular complexity index is 747. The number of halogens is 1. The zero-order chi connectivity index (χ0) is 17.6. The van der Waals surface area contributed by atoms with Crippen LogP contribution in [-0.2, 0) is 4.79 Å². The molecule has 2 heterocycles. The molecule has 0 saturated carbocycles. The fraction of sp³-hybridized carbons (Fsp3) is 0.278. The summed E-state index contributed by atoms with van der Waals surface area (Å²) in [6.07, 6.45) is 5.90. The number of ether oxygens (including phenoxy) is 2. The van der Waals surface area contributed by atoms with Gasteiger partial charge in [-0.05, 0) is 23.8 Å². The quantitative estimate of drug-likeness (QED) is 0.780. The number of amides is 1. The summed E-state index contributed by atoms with van der Waals surface area (Å²) in [5, 5.41) is 0. The first-order chi connectivity index (χ1) is 12.1. The van der Waals surface area contributed by atoms with E-state index in [1.54, 1.807) is 24.2 Å². The number of methoxy groups -OCH3 is 1. The average Bonchev–Trinajstić information content (AvgIpc) is 3.10. The molecular formula is C18H18FN3O3. The molecule has 6 nitrogen and oxygen atoms in total. The van der Waals surface area contributed by atoms with Gasteiger partial charge >= 0.3 is 6.01 Å². The summed E-state index contributed by atoms with van der Waals surface area (Å²) >= 11 is 0. The van der Waals surface area contributed by atoms with E-state index in [1.807, 2.05) is 24.3 Å². The average molecular weight is 343 g/mol. The van der Waals surface area contributed by atoms with Gasteiger partial charge in [-0.2, -0.15) is 0 Å². The van der Waals surface area contributed by atoms with Crippen LogP contribution in [0.3, 0.4) is 0 Å². The number of hydrogen-bond acceptors (Lipinski definition) is 5. The van der Waals surface area contributed by atoms with Gasteiger partial charge in [0.2, 0.25) is 5.91 Å². The first kappa shape index (κ1) is 16.9. The van der Waals surface area contributed by atoms with Gasteiger partial charge in [-0.25, -0.2) is 14.4 Å². The number of rotatable bonds is 5. The Labute approximate surface area is 144 Å². The van der Waals surface area contributed by atoms with E-state index in [9.17, 15) is 9.18 Å². The van der Waals surface area contributed by atoms with Crippen molar-refractivity contribution in [3.63, 3.8) is 0 Å². The molecular weight excluding hydrogens is 325 g/mol. The minimum absolute atomic E-state index is 0.0815. The predicted octanol–water partition coefficient (Wildman–Crippen LogP) is 2.32. The molecule has 0 aliphatic carbocycles. The van der Waals surface area contributed by atoms with Crippen molar-refractivity contribution in [2.45, 2.75) is 12.5 Å². The first-order valence-corrected chi connectivity index (χ1v) is 7.89. The highest BCUT2D eigenvalue weighted by atomic mass is 19.1. The van der Waals surface area contributed by atoms with Crippen LogP contribution in [-0.4, -0.2) is 47.1 Å². The molecule has 1 fully saturated rings. The van der Waals surface area contributed by atoms with E-state index in [4.69, 9.17) is 9.47 Å². The summed E-state index contributed by atoms with van der Waals surface area (Å²) in [7, 11) is 1.61. The monoisotopic (exact) mass is 343 g/mol. The lowest BCUT2D eigenvalue weighted by molar-refractivity contribution is -0.125. The van der Waals surface area contributed by atoms with Crippen LogP contribution in [0.5, 0.6) is 11.8 Å². The summed E-state index contributed by atoms with van der Waals surface area (Å²) in [6.45, 7) is 1.05. The highest BCUT2D eigenvalue weighted by molar-refractivity contribution is 5.92. The molecule has 1 aliphatic rings. The molecule has 7 heteroatoms. The van der Waals surface area contributed by atoms with E-state index < -0.39 is 5.82 Å². The van der Waals surface area contributed by atoms with Gasteiger partial charge in [0.25, 0.3) is 0 Å². The third kappa shape index (κ3) is 4.53. The first-order valence-electron chi connectivity index (χ1n) is 7.89. The SMILES string of the molecule is COc1ccc(/C=C/C(=O)N2CC[C@H](Oc3ncc(F)cn3)C2)cc1. The maximum Gasteiger partial charge on any atom is 0.316 e. The van der Waals surface area contributed by atoms with Crippen LogP contribution in [0.25, 0.3) is 6.08 Å². The lowest BCUT2D eigenvalue weighted by Crippen LogP contribution is -2.29. The summed E-state index contributed by atoms with van der Waals surface area (Å²) in [6, 6.07) is 7.56. The normalized spacial score (nSPS) is 17.0. The second kappa shape index (κ2) is 7.74. The molecule has 25 heavy (non-hydrogen) atoms. The van der Waals surface area contributed by atoms with Crippen molar-refractivity contribution in [2.75, 3.05) is 20.2 Å². The highest BCUT2D eigenvalue weighted by Crippen LogP contribution is 2.16. The number of hydrogen-bond donors (Lipinski definition) is 0. The maximum absolute atomic E-state index is 12.8. The van der Waals surface area contributed by atoms with Crippen molar-refractivity contribution in [2.24, 2.45) is 0 Å². The lowest BCUT2D eigenvalue weighted by Gasteiger charge is -2.14. The standard InChI is InChI=1S/C18H18FN3O3/c1-24-15-5-2-13(3-6-15)4-7-17(23)22-9-8-16(12-22)25-18-20-10-14(19)11-21-18/h2-7,10-11,16H,8-9,12H2,1H3/b7-4+/t16-/m0/s1. The maximum atomic E-state index is 12.8. The molecule has 0 bridgehead atoms. The Balaban J connectivity index is 1.53.